The molecular formula is C22H28N4O3S2. The molecule has 1 N–H and O–H groups in total. The monoisotopic (exact) mass is 460 g/mol. The number of aromatic nitrogens is 3. The number of thioether (sulfide) groups is 1. The molecule has 3 aromatic rings. The van der Waals surface area contributed by atoms with E-state index in [9.17, 15) is 4.79 Å². The quantitative estimate of drug-likeness (QED) is 0.414. The average Bonchev–Trinajstić information content (AvgIpc) is 3.39. The molecule has 3 rings (SSSR count). The van der Waals surface area contributed by atoms with Gasteiger partial charge < -0.3 is 14.8 Å². The first-order chi connectivity index (χ1) is 15.0. The molecule has 0 saturated carbocycles. The molecule has 1 amide bonds. The standard InChI is InChI=1S/C22H28N4O3S2/c1-6-7-17-10-15(12-30-17)21-24-25-22(26(21)14(2)3)31-13-20(27)23-18-9-8-16(28-4)11-19(18)29-5/h8-12,14H,6-7,13H2,1-5H3,(H,23,27). The predicted octanol–water partition coefficient (Wildman–Crippen LogP) is 5.29. The molecule has 0 saturated heterocycles. The number of methoxy groups -OCH3 is 2. The summed E-state index contributed by atoms with van der Waals surface area (Å²) < 4.78 is 12.6. The first-order valence-electron chi connectivity index (χ1n) is 10.1. The van der Waals surface area contributed by atoms with Gasteiger partial charge in [0.1, 0.15) is 11.5 Å². The number of amides is 1. The molecule has 166 valence electrons. The molecule has 0 spiro atoms. The fourth-order valence-electron chi connectivity index (χ4n) is 3.13. The number of hydrogen-bond donors (Lipinski definition) is 1. The highest BCUT2D eigenvalue weighted by Gasteiger charge is 2.19. The summed E-state index contributed by atoms with van der Waals surface area (Å²) in [6, 6.07) is 7.64. The molecule has 0 aliphatic carbocycles. The van der Waals surface area contributed by atoms with E-state index in [4.69, 9.17) is 9.47 Å². The van der Waals surface area contributed by atoms with Crippen LogP contribution in [-0.2, 0) is 11.2 Å². The van der Waals surface area contributed by atoms with Crippen LogP contribution in [0.15, 0.2) is 34.8 Å². The zero-order chi connectivity index (χ0) is 22.4. The molecule has 2 aromatic heterocycles. The van der Waals surface area contributed by atoms with Gasteiger partial charge in [-0.25, -0.2) is 0 Å². The van der Waals surface area contributed by atoms with Gasteiger partial charge in [-0.15, -0.1) is 21.5 Å². The Bertz CT molecular complexity index is 1030. The minimum absolute atomic E-state index is 0.144. The van der Waals surface area contributed by atoms with Gasteiger partial charge in [-0.3, -0.25) is 9.36 Å². The van der Waals surface area contributed by atoms with Gasteiger partial charge in [0.25, 0.3) is 0 Å². The lowest BCUT2D eigenvalue weighted by atomic mass is 10.2. The van der Waals surface area contributed by atoms with Crippen molar-refractivity contribution in [2.45, 2.75) is 44.8 Å². The van der Waals surface area contributed by atoms with Gasteiger partial charge >= 0.3 is 0 Å². The highest BCUT2D eigenvalue weighted by Crippen LogP contribution is 2.32. The second-order valence-corrected chi connectivity index (χ2v) is 9.16. The van der Waals surface area contributed by atoms with Crippen LogP contribution < -0.4 is 14.8 Å². The average molecular weight is 461 g/mol. The predicted molar refractivity (Wildman–Crippen MR) is 127 cm³/mol. The van der Waals surface area contributed by atoms with Gasteiger partial charge in [-0.05, 0) is 38.5 Å². The van der Waals surface area contributed by atoms with E-state index in [0.717, 1.165) is 29.4 Å². The molecule has 0 bridgehead atoms. The Labute approximate surface area is 191 Å². The first-order valence-corrected chi connectivity index (χ1v) is 12.0. The van der Waals surface area contributed by atoms with E-state index in [1.165, 1.54) is 16.6 Å². The highest BCUT2D eigenvalue weighted by molar-refractivity contribution is 7.99. The molecule has 0 atom stereocenters. The molecule has 9 heteroatoms. The molecule has 31 heavy (non-hydrogen) atoms. The number of benzene rings is 1. The smallest absolute Gasteiger partial charge is 0.234 e. The van der Waals surface area contributed by atoms with Crippen LogP contribution in [0.1, 0.15) is 38.1 Å². The number of aryl methyl sites for hydroxylation is 1. The molecular weight excluding hydrogens is 432 g/mol. The van der Waals surface area contributed by atoms with Gasteiger partial charge in [0, 0.05) is 27.9 Å². The van der Waals surface area contributed by atoms with Crippen molar-refractivity contribution < 1.29 is 14.3 Å². The normalized spacial score (nSPS) is 11.0. The second-order valence-electron chi connectivity index (χ2n) is 7.22. The SMILES string of the molecule is CCCc1cc(-c2nnc(SCC(=O)Nc3ccc(OC)cc3OC)n2C(C)C)cs1. The largest absolute Gasteiger partial charge is 0.497 e. The van der Waals surface area contributed by atoms with Gasteiger partial charge in [-0.2, -0.15) is 0 Å². The van der Waals surface area contributed by atoms with E-state index < -0.39 is 0 Å². The molecule has 0 unspecified atom stereocenters. The maximum atomic E-state index is 12.6. The molecule has 0 aliphatic heterocycles. The van der Waals surface area contributed by atoms with Crippen LogP contribution in [0.5, 0.6) is 11.5 Å². The van der Waals surface area contributed by atoms with E-state index in [-0.39, 0.29) is 17.7 Å². The Balaban J connectivity index is 1.71. The van der Waals surface area contributed by atoms with Crippen LogP contribution in [0.3, 0.4) is 0 Å². The Morgan fingerprint density at radius 2 is 2.03 bits per heavy atom. The van der Waals surface area contributed by atoms with Crippen molar-refractivity contribution in [2.24, 2.45) is 0 Å². The molecule has 0 fully saturated rings. The third-order valence-corrected chi connectivity index (χ3v) is 6.54. The first kappa shape index (κ1) is 23.1. The lowest BCUT2D eigenvalue weighted by Gasteiger charge is -2.14. The zero-order valence-electron chi connectivity index (χ0n) is 18.5. The molecule has 0 radical (unpaired) electrons. The summed E-state index contributed by atoms with van der Waals surface area (Å²) in [5, 5.41) is 14.5. The molecule has 7 nitrogen and oxygen atoms in total. The van der Waals surface area contributed by atoms with E-state index in [2.05, 4.69) is 52.3 Å². The summed E-state index contributed by atoms with van der Waals surface area (Å²) in [5.41, 5.74) is 1.68. The van der Waals surface area contributed by atoms with Crippen molar-refractivity contribution in [3.8, 4) is 22.9 Å². The third kappa shape index (κ3) is 5.59. The maximum Gasteiger partial charge on any atom is 0.234 e. The van der Waals surface area contributed by atoms with Crippen molar-refractivity contribution in [2.75, 3.05) is 25.3 Å². The van der Waals surface area contributed by atoms with Crippen molar-refractivity contribution in [3.63, 3.8) is 0 Å². The number of rotatable bonds is 10. The summed E-state index contributed by atoms with van der Waals surface area (Å²) in [5.74, 6) is 2.12. The number of nitrogens with zero attached hydrogens (tertiary/aromatic N) is 3. The Morgan fingerprint density at radius 3 is 2.71 bits per heavy atom. The maximum absolute atomic E-state index is 12.6. The van der Waals surface area contributed by atoms with Crippen LogP contribution in [0, 0.1) is 0 Å². The minimum Gasteiger partial charge on any atom is -0.497 e. The summed E-state index contributed by atoms with van der Waals surface area (Å²) in [7, 11) is 3.14. The Kier molecular flexibility index (Phi) is 7.97. The number of anilines is 1. The van der Waals surface area contributed by atoms with Crippen LogP contribution in [-0.4, -0.2) is 40.6 Å². The van der Waals surface area contributed by atoms with Crippen molar-refractivity contribution in [1.82, 2.24) is 14.8 Å². The summed E-state index contributed by atoms with van der Waals surface area (Å²) in [4.78, 5) is 13.9. The highest BCUT2D eigenvalue weighted by atomic mass is 32.2. The third-order valence-electron chi connectivity index (χ3n) is 4.60. The number of nitrogens with one attached hydrogen (secondary N) is 1. The molecule has 1 aromatic carbocycles. The lowest BCUT2D eigenvalue weighted by molar-refractivity contribution is -0.113. The van der Waals surface area contributed by atoms with Gasteiger partial charge in [0.2, 0.25) is 5.91 Å². The topological polar surface area (TPSA) is 78.3 Å². The van der Waals surface area contributed by atoms with E-state index in [1.54, 1.807) is 43.8 Å². The number of carbonyl (C=O) groups excluding carboxylic acids is 1. The van der Waals surface area contributed by atoms with Crippen LogP contribution in [0.4, 0.5) is 5.69 Å². The Hall–Kier alpha value is -2.52. The Morgan fingerprint density at radius 1 is 1.23 bits per heavy atom. The molecule has 2 heterocycles. The zero-order valence-corrected chi connectivity index (χ0v) is 20.1. The number of thiophene rings is 1. The summed E-state index contributed by atoms with van der Waals surface area (Å²) in [6.45, 7) is 6.37. The van der Waals surface area contributed by atoms with Crippen molar-refractivity contribution >= 4 is 34.7 Å². The van der Waals surface area contributed by atoms with Crippen molar-refractivity contribution in [3.05, 3.63) is 34.5 Å². The number of ether oxygens (including phenoxy) is 2. The molecule has 0 aliphatic rings. The van der Waals surface area contributed by atoms with E-state index in [1.807, 2.05) is 0 Å². The summed E-state index contributed by atoms with van der Waals surface area (Å²) in [6.07, 6.45) is 2.18. The lowest BCUT2D eigenvalue weighted by Crippen LogP contribution is -2.15. The van der Waals surface area contributed by atoms with E-state index >= 15 is 0 Å². The number of hydrogen-bond acceptors (Lipinski definition) is 7. The van der Waals surface area contributed by atoms with E-state index in [0.29, 0.717) is 17.2 Å². The van der Waals surface area contributed by atoms with Gasteiger partial charge in [-0.1, -0.05) is 25.1 Å². The fraction of sp³-hybridized carbons (Fsp3) is 0.409. The van der Waals surface area contributed by atoms with Crippen molar-refractivity contribution in [1.29, 1.82) is 0 Å². The number of carbonyl (C=O) groups is 1. The van der Waals surface area contributed by atoms with Gasteiger partial charge in [0.05, 0.1) is 25.7 Å². The minimum atomic E-state index is -0.144. The second kappa shape index (κ2) is 10.7. The van der Waals surface area contributed by atoms with Crippen LogP contribution in [0.2, 0.25) is 0 Å². The fourth-order valence-corrected chi connectivity index (χ4v) is 4.97. The van der Waals surface area contributed by atoms with Crippen LogP contribution in [0.25, 0.3) is 11.4 Å². The van der Waals surface area contributed by atoms with Gasteiger partial charge in [0.15, 0.2) is 11.0 Å². The summed E-state index contributed by atoms with van der Waals surface area (Å²) >= 11 is 3.12. The van der Waals surface area contributed by atoms with Crippen LogP contribution >= 0.6 is 23.1 Å².